The average Bonchev–Trinajstić information content (AvgIpc) is 2.66. The van der Waals surface area contributed by atoms with Gasteiger partial charge in [-0.3, -0.25) is 0 Å². The van der Waals surface area contributed by atoms with Crippen molar-refractivity contribution in [1.29, 1.82) is 0 Å². The Balaban J connectivity index is 1.74. The van der Waals surface area contributed by atoms with E-state index < -0.39 is 0 Å². The van der Waals surface area contributed by atoms with Gasteiger partial charge in [0.25, 0.3) is 0 Å². The molecular weight excluding hydrogens is 316 g/mol. The number of phenols is 1. The first kappa shape index (κ1) is 20.6. The molecule has 0 aliphatic heterocycles. The van der Waals surface area contributed by atoms with Crippen LogP contribution in [0.2, 0.25) is 0 Å². The smallest absolute Gasteiger partial charge is 0.126 e. The Morgan fingerprint density at radius 1 is 0.731 bits per heavy atom. The topological polar surface area (TPSA) is 20.2 Å². The Kier molecular flexibility index (Phi) is 9.31. The molecule has 0 bridgehead atoms. The molecule has 0 amide bonds. The van der Waals surface area contributed by atoms with Crippen LogP contribution in [0.15, 0.2) is 42.5 Å². The maximum absolute atomic E-state index is 10.4. The molecule has 2 aromatic carbocycles. The molecule has 0 unspecified atom stereocenters. The number of aryl methyl sites for hydroxylation is 2. The van der Waals surface area contributed by atoms with Gasteiger partial charge in [0.1, 0.15) is 5.75 Å². The van der Waals surface area contributed by atoms with Gasteiger partial charge in [0.2, 0.25) is 0 Å². The summed E-state index contributed by atoms with van der Waals surface area (Å²) >= 11 is 0. The molecular formula is C25H36O. The molecule has 0 spiro atoms. The lowest BCUT2D eigenvalue weighted by Crippen LogP contribution is -1.91. The van der Waals surface area contributed by atoms with Gasteiger partial charge in [-0.2, -0.15) is 0 Å². The van der Waals surface area contributed by atoms with Gasteiger partial charge < -0.3 is 5.11 Å². The molecule has 2 aromatic rings. The Labute approximate surface area is 160 Å². The monoisotopic (exact) mass is 352 g/mol. The number of phenolic OH excluding ortho intramolecular Hbond substituents is 1. The van der Waals surface area contributed by atoms with Gasteiger partial charge in [-0.25, -0.2) is 0 Å². The van der Waals surface area contributed by atoms with Crippen molar-refractivity contribution in [1.82, 2.24) is 0 Å². The zero-order valence-corrected chi connectivity index (χ0v) is 16.8. The van der Waals surface area contributed by atoms with Crippen LogP contribution < -0.4 is 0 Å². The van der Waals surface area contributed by atoms with Crippen LogP contribution in [0.3, 0.4) is 0 Å². The summed E-state index contributed by atoms with van der Waals surface area (Å²) < 4.78 is 0. The standard InChI is InChI=1S/C25H36O/c1-3-4-5-6-7-8-9-10-11-13-16-22-19-21(2)25(26)24(20-22)23-17-14-12-15-18-23/h12,14-15,17-20,26H,3-11,13,16H2,1-2H3. The number of unbranched alkanes of at least 4 members (excludes halogenated alkanes) is 9. The molecule has 0 heterocycles. The molecule has 0 atom stereocenters. The van der Waals surface area contributed by atoms with Crippen molar-refractivity contribution in [2.75, 3.05) is 0 Å². The lowest BCUT2D eigenvalue weighted by atomic mass is 9.96. The zero-order chi connectivity index (χ0) is 18.6. The molecule has 1 nitrogen and oxygen atoms in total. The minimum atomic E-state index is 0.419. The van der Waals surface area contributed by atoms with Crippen LogP contribution in [0.1, 0.15) is 82.3 Å². The maximum Gasteiger partial charge on any atom is 0.126 e. The van der Waals surface area contributed by atoms with E-state index in [1.54, 1.807) is 0 Å². The lowest BCUT2D eigenvalue weighted by Gasteiger charge is -2.11. The molecule has 0 fully saturated rings. The second kappa shape index (κ2) is 11.8. The molecule has 0 radical (unpaired) electrons. The van der Waals surface area contributed by atoms with Crippen LogP contribution >= 0.6 is 0 Å². The summed E-state index contributed by atoms with van der Waals surface area (Å²) in [6, 6.07) is 14.5. The van der Waals surface area contributed by atoms with Crippen molar-refractivity contribution in [2.45, 2.75) is 84.5 Å². The quantitative estimate of drug-likeness (QED) is 0.386. The Morgan fingerprint density at radius 2 is 1.31 bits per heavy atom. The summed E-state index contributed by atoms with van der Waals surface area (Å²) in [5, 5.41) is 10.4. The molecule has 26 heavy (non-hydrogen) atoms. The van der Waals surface area contributed by atoms with Crippen LogP contribution in [0.25, 0.3) is 11.1 Å². The van der Waals surface area contributed by atoms with E-state index in [1.165, 1.54) is 69.8 Å². The fourth-order valence-electron chi connectivity index (χ4n) is 3.65. The summed E-state index contributed by atoms with van der Waals surface area (Å²) in [7, 11) is 0. The van der Waals surface area contributed by atoms with Gasteiger partial charge >= 0.3 is 0 Å². The largest absolute Gasteiger partial charge is 0.507 e. The highest BCUT2D eigenvalue weighted by Crippen LogP contribution is 2.33. The number of hydrogen-bond acceptors (Lipinski definition) is 1. The average molecular weight is 353 g/mol. The molecule has 142 valence electrons. The van der Waals surface area contributed by atoms with Gasteiger partial charge in [-0.05, 0) is 42.5 Å². The predicted octanol–water partition coefficient (Wildman–Crippen LogP) is 7.83. The van der Waals surface area contributed by atoms with Crippen LogP contribution in [-0.4, -0.2) is 5.11 Å². The van der Waals surface area contributed by atoms with E-state index in [4.69, 9.17) is 0 Å². The number of rotatable bonds is 12. The van der Waals surface area contributed by atoms with E-state index in [0.717, 1.165) is 23.1 Å². The maximum atomic E-state index is 10.4. The number of hydrogen-bond donors (Lipinski definition) is 1. The van der Waals surface area contributed by atoms with Crippen molar-refractivity contribution in [2.24, 2.45) is 0 Å². The molecule has 0 saturated heterocycles. The van der Waals surface area contributed by atoms with Crippen LogP contribution in [0.4, 0.5) is 0 Å². The number of aromatic hydroxyl groups is 1. The minimum Gasteiger partial charge on any atom is -0.507 e. The third-order valence-electron chi connectivity index (χ3n) is 5.26. The highest BCUT2D eigenvalue weighted by molar-refractivity contribution is 5.72. The van der Waals surface area contributed by atoms with Gasteiger partial charge in [0.15, 0.2) is 0 Å². The summed E-state index contributed by atoms with van der Waals surface area (Å²) in [6.45, 7) is 4.28. The second-order valence-corrected chi connectivity index (χ2v) is 7.61. The molecule has 0 aliphatic rings. The van der Waals surface area contributed by atoms with Crippen LogP contribution in [0.5, 0.6) is 5.75 Å². The van der Waals surface area contributed by atoms with Crippen LogP contribution in [-0.2, 0) is 6.42 Å². The molecule has 0 saturated carbocycles. The second-order valence-electron chi connectivity index (χ2n) is 7.61. The van der Waals surface area contributed by atoms with E-state index in [1.807, 2.05) is 25.1 Å². The van der Waals surface area contributed by atoms with Crippen molar-refractivity contribution in [3.63, 3.8) is 0 Å². The Bertz CT molecular complexity index is 630. The summed E-state index contributed by atoms with van der Waals surface area (Å²) in [5.41, 5.74) is 4.39. The minimum absolute atomic E-state index is 0.419. The van der Waals surface area contributed by atoms with E-state index in [-0.39, 0.29) is 0 Å². The van der Waals surface area contributed by atoms with Crippen molar-refractivity contribution in [3.8, 4) is 16.9 Å². The Hall–Kier alpha value is -1.76. The van der Waals surface area contributed by atoms with Gasteiger partial charge in [-0.1, -0.05) is 101 Å². The molecule has 1 N–H and O–H groups in total. The first-order valence-corrected chi connectivity index (χ1v) is 10.6. The predicted molar refractivity (Wildman–Crippen MR) is 114 cm³/mol. The first-order valence-electron chi connectivity index (χ1n) is 10.6. The third kappa shape index (κ3) is 6.86. The molecule has 0 aromatic heterocycles. The highest BCUT2D eigenvalue weighted by atomic mass is 16.3. The van der Waals surface area contributed by atoms with Gasteiger partial charge in [0, 0.05) is 5.56 Å². The van der Waals surface area contributed by atoms with Crippen molar-refractivity contribution in [3.05, 3.63) is 53.6 Å². The van der Waals surface area contributed by atoms with E-state index in [9.17, 15) is 5.11 Å². The fraction of sp³-hybridized carbons (Fsp3) is 0.520. The summed E-state index contributed by atoms with van der Waals surface area (Å²) in [6.07, 6.45) is 14.8. The lowest BCUT2D eigenvalue weighted by molar-refractivity contribution is 0.473. The third-order valence-corrected chi connectivity index (χ3v) is 5.26. The normalized spacial score (nSPS) is 11.0. The first-order chi connectivity index (χ1) is 12.7. The van der Waals surface area contributed by atoms with Gasteiger partial charge in [0.05, 0.1) is 0 Å². The Morgan fingerprint density at radius 3 is 1.92 bits per heavy atom. The highest BCUT2D eigenvalue weighted by Gasteiger charge is 2.09. The fourth-order valence-corrected chi connectivity index (χ4v) is 3.65. The van der Waals surface area contributed by atoms with Crippen molar-refractivity contribution < 1.29 is 5.11 Å². The van der Waals surface area contributed by atoms with E-state index >= 15 is 0 Å². The summed E-state index contributed by atoms with van der Waals surface area (Å²) in [4.78, 5) is 0. The van der Waals surface area contributed by atoms with E-state index in [2.05, 4.69) is 31.2 Å². The molecule has 2 rings (SSSR count). The van der Waals surface area contributed by atoms with Crippen LogP contribution in [0, 0.1) is 6.92 Å². The zero-order valence-electron chi connectivity index (χ0n) is 16.8. The summed E-state index contributed by atoms with van der Waals surface area (Å²) in [5.74, 6) is 0.419. The van der Waals surface area contributed by atoms with Gasteiger partial charge in [-0.15, -0.1) is 0 Å². The number of benzene rings is 2. The SMILES string of the molecule is CCCCCCCCCCCCc1cc(C)c(O)c(-c2ccccc2)c1. The van der Waals surface area contributed by atoms with E-state index in [0.29, 0.717) is 5.75 Å². The van der Waals surface area contributed by atoms with Crippen molar-refractivity contribution >= 4 is 0 Å². The molecule has 0 aliphatic carbocycles. The molecule has 1 heteroatoms.